The van der Waals surface area contributed by atoms with Crippen molar-refractivity contribution in [2.24, 2.45) is 0 Å². The quantitative estimate of drug-likeness (QED) is 0.503. The minimum absolute atomic E-state index is 0.489. The number of halogens is 1. The molecule has 20 heavy (non-hydrogen) atoms. The first-order valence-electron chi connectivity index (χ1n) is 8.13. The van der Waals surface area contributed by atoms with E-state index in [9.17, 15) is 0 Å². The maximum absolute atomic E-state index is 3.63. The molecule has 0 fully saturated rings. The number of hydrogen-bond acceptors (Lipinski definition) is 1. The number of hydrogen-bond donors (Lipinski definition) is 1. The van der Waals surface area contributed by atoms with E-state index >= 15 is 0 Å². The van der Waals surface area contributed by atoms with E-state index in [1.807, 2.05) is 0 Å². The predicted molar refractivity (Wildman–Crippen MR) is 93.3 cm³/mol. The largest absolute Gasteiger partial charge is 0.313 e. The van der Waals surface area contributed by atoms with Crippen molar-refractivity contribution in [3.8, 4) is 0 Å². The van der Waals surface area contributed by atoms with Gasteiger partial charge in [0.2, 0.25) is 0 Å². The molecule has 1 unspecified atom stereocenters. The summed E-state index contributed by atoms with van der Waals surface area (Å²) in [5, 5.41) is 3.48. The van der Waals surface area contributed by atoms with Crippen LogP contribution in [0.2, 0.25) is 0 Å². The van der Waals surface area contributed by atoms with Crippen molar-refractivity contribution in [1.82, 2.24) is 5.32 Å². The van der Waals surface area contributed by atoms with Gasteiger partial charge in [-0.25, -0.2) is 0 Å². The zero-order valence-electron chi connectivity index (χ0n) is 13.3. The van der Waals surface area contributed by atoms with E-state index in [-0.39, 0.29) is 0 Å². The summed E-state index contributed by atoms with van der Waals surface area (Å²) < 4.78 is 1.22. The SMILES string of the molecule is CCCCCCCCCC(NC)c1cccc(Br)c1C. The fourth-order valence-corrected chi connectivity index (χ4v) is 3.14. The monoisotopic (exact) mass is 339 g/mol. The summed E-state index contributed by atoms with van der Waals surface area (Å²) >= 11 is 3.63. The Balaban J connectivity index is 2.34. The van der Waals surface area contributed by atoms with Crippen molar-refractivity contribution in [3.05, 3.63) is 33.8 Å². The third kappa shape index (κ3) is 5.97. The Hall–Kier alpha value is -0.340. The molecule has 1 N–H and O–H groups in total. The molecule has 1 aromatic carbocycles. The Labute approximate surface area is 133 Å². The second-order valence-electron chi connectivity index (χ2n) is 5.71. The molecule has 0 aliphatic heterocycles. The van der Waals surface area contributed by atoms with Crippen LogP contribution in [0.5, 0.6) is 0 Å². The molecule has 0 aliphatic rings. The Morgan fingerprint density at radius 1 is 1.05 bits per heavy atom. The molecule has 0 saturated carbocycles. The summed E-state index contributed by atoms with van der Waals surface area (Å²) in [6, 6.07) is 7.01. The normalized spacial score (nSPS) is 12.6. The Bertz CT molecular complexity index is 376. The van der Waals surface area contributed by atoms with Gasteiger partial charge in [-0.1, -0.05) is 79.9 Å². The number of rotatable bonds is 10. The van der Waals surface area contributed by atoms with Gasteiger partial charge < -0.3 is 5.32 Å². The van der Waals surface area contributed by atoms with E-state index in [2.05, 4.69) is 60.3 Å². The maximum atomic E-state index is 3.63. The van der Waals surface area contributed by atoms with Crippen LogP contribution in [0, 0.1) is 6.92 Å². The summed E-state index contributed by atoms with van der Waals surface area (Å²) in [4.78, 5) is 0. The molecule has 0 spiro atoms. The summed E-state index contributed by atoms with van der Waals surface area (Å²) in [6.07, 6.45) is 10.9. The Morgan fingerprint density at radius 3 is 2.35 bits per heavy atom. The van der Waals surface area contributed by atoms with Crippen LogP contribution in [0.15, 0.2) is 22.7 Å². The summed E-state index contributed by atoms with van der Waals surface area (Å²) in [6.45, 7) is 4.48. The van der Waals surface area contributed by atoms with Crippen molar-refractivity contribution in [2.75, 3.05) is 7.05 Å². The third-order valence-electron chi connectivity index (χ3n) is 4.13. The Kier molecular flexibility index (Phi) is 9.21. The minimum Gasteiger partial charge on any atom is -0.313 e. The van der Waals surface area contributed by atoms with Crippen molar-refractivity contribution in [1.29, 1.82) is 0 Å². The number of nitrogens with one attached hydrogen (secondary N) is 1. The topological polar surface area (TPSA) is 12.0 Å². The lowest BCUT2D eigenvalue weighted by Crippen LogP contribution is -2.17. The highest BCUT2D eigenvalue weighted by Gasteiger charge is 2.12. The van der Waals surface area contributed by atoms with Crippen molar-refractivity contribution in [3.63, 3.8) is 0 Å². The molecule has 0 aliphatic carbocycles. The summed E-state index contributed by atoms with van der Waals surface area (Å²) in [7, 11) is 2.08. The van der Waals surface area contributed by atoms with Crippen LogP contribution < -0.4 is 5.32 Å². The second-order valence-corrected chi connectivity index (χ2v) is 6.56. The first-order chi connectivity index (χ1) is 9.70. The van der Waals surface area contributed by atoms with E-state index in [1.165, 1.54) is 67.0 Å². The summed E-state index contributed by atoms with van der Waals surface area (Å²) in [5.41, 5.74) is 2.81. The lowest BCUT2D eigenvalue weighted by atomic mass is 9.96. The predicted octanol–water partition coefficient (Wildman–Crippen LogP) is 6.16. The van der Waals surface area contributed by atoms with Crippen LogP contribution in [-0.2, 0) is 0 Å². The van der Waals surface area contributed by atoms with Gasteiger partial charge in [-0.2, -0.15) is 0 Å². The molecule has 114 valence electrons. The lowest BCUT2D eigenvalue weighted by molar-refractivity contribution is 0.494. The average molecular weight is 340 g/mol. The molecule has 0 radical (unpaired) electrons. The van der Waals surface area contributed by atoms with E-state index in [0.717, 1.165) is 0 Å². The smallest absolute Gasteiger partial charge is 0.0320 e. The first kappa shape index (κ1) is 17.7. The van der Waals surface area contributed by atoms with Crippen LogP contribution in [0.1, 0.15) is 75.5 Å². The van der Waals surface area contributed by atoms with Gasteiger partial charge >= 0.3 is 0 Å². The average Bonchev–Trinajstić information content (AvgIpc) is 2.46. The third-order valence-corrected chi connectivity index (χ3v) is 4.99. The van der Waals surface area contributed by atoms with Crippen molar-refractivity contribution < 1.29 is 0 Å². The molecule has 0 amide bonds. The molecule has 0 heterocycles. The zero-order chi connectivity index (χ0) is 14.8. The van der Waals surface area contributed by atoms with E-state index < -0.39 is 0 Å². The molecule has 2 heteroatoms. The van der Waals surface area contributed by atoms with Crippen molar-refractivity contribution in [2.45, 2.75) is 71.3 Å². The van der Waals surface area contributed by atoms with Gasteiger partial charge in [-0.15, -0.1) is 0 Å². The number of benzene rings is 1. The highest BCUT2D eigenvalue weighted by atomic mass is 79.9. The molecular formula is C18H30BrN. The molecule has 0 bridgehead atoms. The van der Waals surface area contributed by atoms with Crippen LogP contribution in [0.3, 0.4) is 0 Å². The molecular weight excluding hydrogens is 310 g/mol. The van der Waals surface area contributed by atoms with E-state index in [4.69, 9.17) is 0 Å². The second kappa shape index (κ2) is 10.4. The lowest BCUT2D eigenvalue weighted by Gasteiger charge is -2.19. The molecule has 0 aromatic heterocycles. The van der Waals surface area contributed by atoms with Crippen LogP contribution in [-0.4, -0.2) is 7.05 Å². The van der Waals surface area contributed by atoms with Gasteiger partial charge in [-0.05, 0) is 37.6 Å². The van der Waals surface area contributed by atoms with Gasteiger partial charge in [0.15, 0.2) is 0 Å². The van der Waals surface area contributed by atoms with E-state index in [0.29, 0.717) is 6.04 Å². The molecule has 0 saturated heterocycles. The standard InChI is InChI=1S/C18H30BrN/c1-4-5-6-7-8-9-10-14-18(20-3)16-12-11-13-17(19)15(16)2/h11-13,18,20H,4-10,14H2,1-3H3. The fraction of sp³-hybridized carbons (Fsp3) is 0.667. The summed E-state index contributed by atoms with van der Waals surface area (Å²) in [5.74, 6) is 0. The van der Waals surface area contributed by atoms with Crippen LogP contribution in [0.4, 0.5) is 0 Å². The van der Waals surface area contributed by atoms with Gasteiger partial charge in [0, 0.05) is 10.5 Å². The minimum atomic E-state index is 0.489. The van der Waals surface area contributed by atoms with Gasteiger partial charge in [-0.3, -0.25) is 0 Å². The van der Waals surface area contributed by atoms with Crippen molar-refractivity contribution >= 4 is 15.9 Å². The van der Waals surface area contributed by atoms with Crippen LogP contribution >= 0.6 is 15.9 Å². The van der Waals surface area contributed by atoms with Gasteiger partial charge in [0.25, 0.3) is 0 Å². The van der Waals surface area contributed by atoms with Crippen LogP contribution in [0.25, 0.3) is 0 Å². The molecule has 1 rings (SSSR count). The fourth-order valence-electron chi connectivity index (χ4n) is 2.76. The zero-order valence-corrected chi connectivity index (χ0v) is 14.9. The molecule has 1 atom stereocenters. The first-order valence-corrected chi connectivity index (χ1v) is 8.92. The Morgan fingerprint density at radius 2 is 1.70 bits per heavy atom. The van der Waals surface area contributed by atoms with E-state index in [1.54, 1.807) is 0 Å². The van der Waals surface area contributed by atoms with Gasteiger partial charge in [0.05, 0.1) is 0 Å². The maximum Gasteiger partial charge on any atom is 0.0320 e. The number of unbranched alkanes of at least 4 members (excludes halogenated alkanes) is 6. The molecule has 1 nitrogen and oxygen atoms in total. The molecule has 1 aromatic rings. The highest BCUT2D eigenvalue weighted by molar-refractivity contribution is 9.10. The highest BCUT2D eigenvalue weighted by Crippen LogP contribution is 2.27. The van der Waals surface area contributed by atoms with Gasteiger partial charge in [0.1, 0.15) is 0 Å².